The standard InChI is InChI=1S/C14H19BrN2O/c1-2-10-7-8-16-13(9-10)14(18)17-12-5-3-11(15)4-6-12/h3-6,10,13,16H,2,7-9H2,1H3,(H,17,18). The van der Waals surface area contributed by atoms with Crippen LogP contribution in [0.3, 0.4) is 0 Å². The van der Waals surface area contributed by atoms with E-state index in [2.05, 4.69) is 33.5 Å². The van der Waals surface area contributed by atoms with Gasteiger partial charge in [0, 0.05) is 10.2 Å². The van der Waals surface area contributed by atoms with Gasteiger partial charge < -0.3 is 10.6 Å². The molecule has 1 aromatic rings. The maximum absolute atomic E-state index is 12.1. The van der Waals surface area contributed by atoms with Crippen LogP contribution >= 0.6 is 15.9 Å². The number of carbonyl (C=O) groups is 1. The monoisotopic (exact) mass is 310 g/mol. The molecule has 98 valence electrons. The third-order valence-electron chi connectivity index (χ3n) is 3.52. The van der Waals surface area contributed by atoms with Gasteiger partial charge in [0.2, 0.25) is 5.91 Å². The van der Waals surface area contributed by atoms with Gasteiger partial charge in [0.1, 0.15) is 0 Å². The highest BCUT2D eigenvalue weighted by Gasteiger charge is 2.25. The lowest BCUT2D eigenvalue weighted by atomic mass is 9.90. The molecule has 0 aromatic heterocycles. The summed E-state index contributed by atoms with van der Waals surface area (Å²) in [5.41, 5.74) is 0.851. The number of carbonyl (C=O) groups excluding carboxylic acids is 1. The lowest BCUT2D eigenvalue weighted by molar-refractivity contribution is -0.119. The Balaban J connectivity index is 1.93. The first-order valence-electron chi connectivity index (χ1n) is 6.49. The number of amides is 1. The van der Waals surface area contributed by atoms with Crippen molar-refractivity contribution in [3.63, 3.8) is 0 Å². The summed E-state index contributed by atoms with van der Waals surface area (Å²) in [5.74, 6) is 0.752. The summed E-state index contributed by atoms with van der Waals surface area (Å²) in [5, 5.41) is 6.25. The molecule has 1 fully saturated rings. The van der Waals surface area contributed by atoms with Crippen LogP contribution in [-0.4, -0.2) is 18.5 Å². The van der Waals surface area contributed by atoms with E-state index >= 15 is 0 Å². The van der Waals surface area contributed by atoms with E-state index < -0.39 is 0 Å². The molecule has 1 saturated heterocycles. The predicted octanol–water partition coefficient (Wildman–Crippen LogP) is 3.17. The molecule has 0 radical (unpaired) electrons. The summed E-state index contributed by atoms with van der Waals surface area (Å²) >= 11 is 3.38. The van der Waals surface area contributed by atoms with Crippen LogP contribution in [0.15, 0.2) is 28.7 Å². The van der Waals surface area contributed by atoms with E-state index in [1.807, 2.05) is 24.3 Å². The number of piperidine rings is 1. The minimum Gasteiger partial charge on any atom is -0.325 e. The van der Waals surface area contributed by atoms with Gasteiger partial charge in [-0.15, -0.1) is 0 Å². The number of anilines is 1. The Morgan fingerprint density at radius 1 is 1.44 bits per heavy atom. The van der Waals surface area contributed by atoms with Crippen molar-refractivity contribution in [2.24, 2.45) is 5.92 Å². The first kappa shape index (κ1) is 13.6. The van der Waals surface area contributed by atoms with Crippen molar-refractivity contribution in [2.45, 2.75) is 32.2 Å². The minimum atomic E-state index is -0.0488. The van der Waals surface area contributed by atoms with Gasteiger partial charge in [-0.3, -0.25) is 4.79 Å². The Morgan fingerprint density at radius 2 is 2.17 bits per heavy atom. The van der Waals surface area contributed by atoms with Crippen LogP contribution in [0.4, 0.5) is 5.69 Å². The fourth-order valence-corrected chi connectivity index (χ4v) is 2.59. The van der Waals surface area contributed by atoms with E-state index in [0.717, 1.165) is 29.5 Å². The smallest absolute Gasteiger partial charge is 0.241 e. The van der Waals surface area contributed by atoms with Crippen LogP contribution in [0.25, 0.3) is 0 Å². The van der Waals surface area contributed by atoms with Gasteiger partial charge in [0.15, 0.2) is 0 Å². The Kier molecular flexibility index (Phi) is 4.78. The van der Waals surface area contributed by atoms with Crippen LogP contribution in [0.5, 0.6) is 0 Å². The second kappa shape index (κ2) is 6.34. The first-order chi connectivity index (χ1) is 8.69. The fraction of sp³-hybridized carbons (Fsp3) is 0.500. The van der Waals surface area contributed by atoms with E-state index in [4.69, 9.17) is 0 Å². The van der Waals surface area contributed by atoms with E-state index in [1.165, 1.54) is 6.42 Å². The lowest BCUT2D eigenvalue weighted by Gasteiger charge is -2.28. The molecule has 0 aliphatic carbocycles. The van der Waals surface area contributed by atoms with Crippen LogP contribution in [0.1, 0.15) is 26.2 Å². The van der Waals surface area contributed by atoms with E-state index in [1.54, 1.807) is 0 Å². The van der Waals surface area contributed by atoms with Gasteiger partial charge in [-0.05, 0) is 49.6 Å². The van der Waals surface area contributed by atoms with Gasteiger partial charge in [0.05, 0.1) is 6.04 Å². The van der Waals surface area contributed by atoms with E-state index in [0.29, 0.717) is 5.92 Å². The van der Waals surface area contributed by atoms with Crippen LogP contribution in [-0.2, 0) is 4.79 Å². The average Bonchev–Trinajstić information content (AvgIpc) is 2.41. The second-order valence-electron chi connectivity index (χ2n) is 4.80. The molecule has 2 N–H and O–H groups in total. The summed E-state index contributed by atoms with van der Waals surface area (Å²) in [4.78, 5) is 12.1. The maximum atomic E-state index is 12.1. The van der Waals surface area contributed by atoms with Crippen LogP contribution in [0, 0.1) is 5.92 Å². The molecular weight excluding hydrogens is 292 g/mol. The number of hydrogen-bond donors (Lipinski definition) is 2. The Labute approximate surface area is 116 Å². The highest BCUT2D eigenvalue weighted by atomic mass is 79.9. The van der Waals surface area contributed by atoms with Crippen LogP contribution in [0.2, 0.25) is 0 Å². The zero-order valence-corrected chi connectivity index (χ0v) is 12.2. The number of hydrogen-bond acceptors (Lipinski definition) is 2. The number of rotatable bonds is 3. The molecule has 18 heavy (non-hydrogen) atoms. The maximum Gasteiger partial charge on any atom is 0.241 e. The quantitative estimate of drug-likeness (QED) is 0.900. The first-order valence-corrected chi connectivity index (χ1v) is 7.28. The summed E-state index contributed by atoms with van der Waals surface area (Å²) < 4.78 is 1.02. The topological polar surface area (TPSA) is 41.1 Å². The summed E-state index contributed by atoms with van der Waals surface area (Å²) in [6, 6.07) is 7.62. The van der Waals surface area contributed by atoms with Gasteiger partial charge >= 0.3 is 0 Å². The van der Waals surface area contributed by atoms with Crippen molar-refractivity contribution in [2.75, 3.05) is 11.9 Å². The minimum absolute atomic E-state index is 0.0488. The molecule has 4 heteroatoms. The Morgan fingerprint density at radius 3 is 2.83 bits per heavy atom. The molecule has 2 atom stereocenters. The summed E-state index contributed by atoms with van der Waals surface area (Å²) in [6.07, 6.45) is 3.28. The van der Waals surface area contributed by atoms with Crippen molar-refractivity contribution in [1.82, 2.24) is 5.32 Å². The molecular formula is C14H19BrN2O. The van der Waals surface area contributed by atoms with E-state index in [9.17, 15) is 4.79 Å². The van der Waals surface area contributed by atoms with Gasteiger partial charge in [-0.1, -0.05) is 29.3 Å². The number of benzene rings is 1. The van der Waals surface area contributed by atoms with Crippen molar-refractivity contribution < 1.29 is 4.79 Å². The molecule has 1 heterocycles. The molecule has 3 nitrogen and oxygen atoms in total. The summed E-state index contributed by atoms with van der Waals surface area (Å²) in [7, 11) is 0. The molecule has 1 amide bonds. The lowest BCUT2D eigenvalue weighted by Crippen LogP contribution is -2.46. The highest BCUT2D eigenvalue weighted by Crippen LogP contribution is 2.20. The van der Waals surface area contributed by atoms with Gasteiger partial charge in [0.25, 0.3) is 0 Å². The zero-order chi connectivity index (χ0) is 13.0. The van der Waals surface area contributed by atoms with Crippen molar-refractivity contribution in [1.29, 1.82) is 0 Å². The molecule has 1 aliphatic heterocycles. The third kappa shape index (κ3) is 3.56. The average molecular weight is 311 g/mol. The fourth-order valence-electron chi connectivity index (χ4n) is 2.33. The molecule has 0 bridgehead atoms. The van der Waals surface area contributed by atoms with Crippen molar-refractivity contribution in [3.8, 4) is 0 Å². The zero-order valence-electron chi connectivity index (χ0n) is 10.6. The molecule has 1 aliphatic rings. The summed E-state index contributed by atoms with van der Waals surface area (Å²) in [6.45, 7) is 3.14. The molecule has 2 unspecified atom stereocenters. The number of nitrogens with one attached hydrogen (secondary N) is 2. The molecule has 0 saturated carbocycles. The highest BCUT2D eigenvalue weighted by molar-refractivity contribution is 9.10. The number of halogens is 1. The molecule has 1 aromatic carbocycles. The Bertz CT molecular complexity index is 405. The predicted molar refractivity (Wildman–Crippen MR) is 77.6 cm³/mol. The largest absolute Gasteiger partial charge is 0.325 e. The van der Waals surface area contributed by atoms with Crippen LogP contribution < -0.4 is 10.6 Å². The SMILES string of the molecule is CCC1CCNC(C(=O)Nc2ccc(Br)cc2)C1. The van der Waals surface area contributed by atoms with E-state index in [-0.39, 0.29) is 11.9 Å². The van der Waals surface area contributed by atoms with Gasteiger partial charge in [-0.2, -0.15) is 0 Å². The normalized spacial score (nSPS) is 23.7. The second-order valence-corrected chi connectivity index (χ2v) is 5.72. The Hall–Kier alpha value is -0.870. The molecule has 2 rings (SSSR count). The molecule has 0 spiro atoms. The third-order valence-corrected chi connectivity index (χ3v) is 4.05. The van der Waals surface area contributed by atoms with Crippen molar-refractivity contribution in [3.05, 3.63) is 28.7 Å². The van der Waals surface area contributed by atoms with Crippen molar-refractivity contribution >= 4 is 27.5 Å². The van der Waals surface area contributed by atoms with Gasteiger partial charge in [-0.25, -0.2) is 0 Å².